The van der Waals surface area contributed by atoms with E-state index >= 15 is 0 Å². The van der Waals surface area contributed by atoms with Crippen molar-refractivity contribution in [2.45, 2.75) is 39.6 Å². The fraction of sp³-hybridized carbons (Fsp3) is 0.500. The molecule has 1 aliphatic heterocycles. The average Bonchev–Trinajstić information content (AvgIpc) is 3.12. The van der Waals surface area contributed by atoms with Crippen molar-refractivity contribution in [2.24, 2.45) is 5.41 Å². The number of benzene rings is 1. The summed E-state index contributed by atoms with van der Waals surface area (Å²) in [6.45, 7) is 8.92. The maximum Gasteiger partial charge on any atom is 0.340 e. The zero-order chi connectivity index (χ0) is 16.0. The lowest BCUT2D eigenvalue weighted by atomic mass is 9.95. The lowest BCUT2D eigenvalue weighted by Crippen LogP contribution is -2.42. The van der Waals surface area contributed by atoms with Crippen molar-refractivity contribution in [3.05, 3.63) is 41.5 Å². The number of hydrogen-bond donors (Lipinski definition) is 0. The Morgan fingerprint density at radius 1 is 1.14 bits per heavy atom. The molecule has 0 radical (unpaired) electrons. The largest absolute Gasteiger partial charge is 0.459 e. The summed E-state index contributed by atoms with van der Waals surface area (Å²) in [6, 6.07) is 9.73. The van der Waals surface area contributed by atoms with Gasteiger partial charge in [-0.1, -0.05) is 44.2 Å². The van der Waals surface area contributed by atoms with Gasteiger partial charge in [0, 0.05) is 11.0 Å². The van der Waals surface area contributed by atoms with E-state index in [4.69, 9.17) is 14.2 Å². The van der Waals surface area contributed by atoms with E-state index in [-0.39, 0.29) is 17.5 Å². The second-order valence-electron chi connectivity index (χ2n) is 6.93. The lowest BCUT2D eigenvalue weighted by molar-refractivity contribution is -0.228. The molecule has 1 aromatic carbocycles. The Labute approximate surface area is 131 Å². The van der Waals surface area contributed by atoms with Crippen LogP contribution >= 0.6 is 0 Å². The first-order chi connectivity index (χ1) is 10.4. The maximum absolute atomic E-state index is 12.4. The van der Waals surface area contributed by atoms with Crippen molar-refractivity contribution in [1.29, 1.82) is 0 Å². The fourth-order valence-corrected chi connectivity index (χ4v) is 2.66. The minimum absolute atomic E-state index is 0.0529. The molecule has 0 aromatic heterocycles. The van der Waals surface area contributed by atoms with E-state index in [9.17, 15) is 4.79 Å². The molecule has 4 nitrogen and oxygen atoms in total. The molecule has 22 heavy (non-hydrogen) atoms. The summed E-state index contributed by atoms with van der Waals surface area (Å²) in [5.74, 6) is -1.36. The van der Waals surface area contributed by atoms with Crippen LogP contribution in [0.5, 0.6) is 0 Å². The molecule has 1 aromatic rings. The predicted molar refractivity (Wildman–Crippen MR) is 83.0 cm³/mol. The van der Waals surface area contributed by atoms with E-state index in [0.717, 1.165) is 11.1 Å². The van der Waals surface area contributed by atoms with E-state index in [2.05, 4.69) is 13.8 Å². The summed E-state index contributed by atoms with van der Waals surface area (Å²) in [7, 11) is 0. The first-order valence-electron chi connectivity index (χ1n) is 7.65. The Kier molecular flexibility index (Phi) is 3.62. The molecule has 118 valence electrons. The Bertz CT molecular complexity index is 603. The normalized spacial score (nSPS) is 22.0. The van der Waals surface area contributed by atoms with Gasteiger partial charge < -0.3 is 14.2 Å². The molecule has 1 spiro atoms. The highest BCUT2D eigenvalue weighted by molar-refractivity contribution is 6.14. The quantitative estimate of drug-likeness (QED) is 0.805. The highest BCUT2D eigenvalue weighted by Crippen LogP contribution is 2.57. The number of carbonyl (C=O) groups is 1. The summed E-state index contributed by atoms with van der Waals surface area (Å²) in [4.78, 5) is 12.4. The molecular formula is C18H22O4. The SMILES string of the molecule is CC(C)OC(=O)C1=C(c2ccccc2)C12OCC(C)(C)CO2. The zero-order valence-corrected chi connectivity index (χ0v) is 13.5. The van der Waals surface area contributed by atoms with Gasteiger partial charge in [0.2, 0.25) is 5.79 Å². The van der Waals surface area contributed by atoms with Gasteiger partial charge in [0.1, 0.15) is 5.57 Å². The van der Waals surface area contributed by atoms with Crippen LogP contribution in [0.3, 0.4) is 0 Å². The van der Waals surface area contributed by atoms with Gasteiger partial charge in [0.15, 0.2) is 0 Å². The molecular weight excluding hydrogens is 280 g/mol. The summed E-state index contributed by atoms with van der Waals surface area (Å²) >= 11 is 0. The smallest absolute Gasteiger partial charge is 0.340 e. The van der Waals surface area contributed by atoms with E-state index in [1.165, 1.54) is 0 Å². The summed E-state index contributed by atoms with van der Waals surface area (Å²) in [6.07, 6.45) is -0.172. The summed E-state index contributed by atoms with van der Waals surface area (Å²) in [5.41, 5.74) is 2.19. The van der Waals surface area contributed by atoms with Crippen LogP contribution in [0, 0.1) is 5.41 Å². The first-order valence-corrected chi connectivity index (χ1v) is 7.65. The monoisotopic (exact) mass is 302 g/mol. The van der Waals surface area contributed by atoms with Gasteiger partial charge in [-0.2, -0.15) is 0 Å². The highest BCUT2D eigenvalue weighted by Gasteiger charge is 2.63. The molecule has 4 heteroatoms. The van der Waals surface area contributed by atoms with Gasteiger partial charge in [0.05, 0.1) is 19.3 Å². The third-order valence-electron chi connectivity index (χ3n) is 3.79. The average molecular weight is 302 g/mol. The number of rotatable bonds is 3. The number of hydrogen-bond acceptors (Lipinski definition) is 4. The van der Waals surface area contributed by atoms with Gasteiger partial charge >= 0.3 is 5.97 Å². The van der Waals surface area contributed by atoms with Crippen molar-refractivity contribution in [2.75, 3.05) is 13.2 Å². The van der Waals surface area contributed by atoms with Gasteiger partial charge in [-0.15, -0.1) is 0 Å². The second-order valence-corrected chi connectivity index (χ2v) is 6.93. The number of ether oxygens (including phenoxy) is 3. The minimum Gasteiger partial charge on any atom is -0.459 e. The number of esters is 1. The Morgan fingerprint density at radius 2 is 1.73 bits per heavy atom. The van der Waals surface area contributed by atoms with Crippen molar-refractivity contribution >= 4 is 11.5 Å². The van der Waals surface area contributed by atoms with E-state index in [1.54, 1.807) is 0 Å². The van der Waals surface area contributed by atoms with E-state index in [1.807, 2.05) is 44.2 Å². The van der Waals surface area contributed by atoms with Crippen LogP contribution in [0.4, 0.5) is 0 Å². The molecule has 0 atom stereocenters. The summed E-state index contributed by atoms with van der Waals surface area (Å²) in [5, 5.41) is 0. The van der Waals surface area contributed by atoms with E-state index in [0.29, 0.717) is 18.8 Å². The van der Waals surface area contributed by atoms with Gasteiger partial charge in [-0.25, -0.2) is 4.79 Å². The molecule has 0 unspecified atom stereocenters. The zero-order valence-electron chi connectivity index (χ0n) is 13.5. The van der Waals surface area contributed by atoms with Gasteiger partial charge in [-0.05, 0) is 19.4 Å². The molecule has 3 rings (SSSR count). The Morgan fingerprint density at radius 3 is 2.27 bits per heavy atom. The molecule has 0 saturated carbocycles. The summed E-state index contributed by atoms with van der Waals surface area (Å²) < 4.78 is 17.3. The Balaban J connectivity index is 1.90. The first kappa shape index (κ1) is 15.3. The topological polar surface area (TPSA) is 44.8 Å². The van der Waals surface area contributed by atoms with Crippen LogP contribution in [-0.4, -0.2) is 31.1 Å². The van der Waals surface area contributed by atoms with Crippen molar-refractivity contribution in [3.63, 3.8) is 0 Å². The molecule has 1 heterocycles. The van der Waals surface area contributed by atoms with E-state index < -0.39 is 5.79 Å². The molecule has 1 saturated heterocycles. The molecule has 1 fully saturated rings. The third kappa shape index (κ3) is 2.57. The maximum atomic E-state index is 12.4. The van der Waals surface area contributed by atoms with Gasteiger partial charge in [-0.3, -0.25) is 0 Å². The van der Waals surface area contributed by atoms with Crippen LogP contribution < -0.4 is 0 Å². The molecule has 1 aliphatic carbocycles. The molecule has 2 aliphatic rings. The minimum atomic E-state index is -1.01. The van der Waals surface area contributed by atoms with Crippen molar-refractivity contribution < 1.29 is 19.0 Å². The Hall–Kier alpha value is -1.65. The fourth-order valence-electron chi connectivity index (χ4n) is 2.66. The second kappa shape index (κ2) is 5.21. The highest BCUT2D eigenvalue weighted by atomic mass is 16.7. The van der Waals surface area contributed by atoms with Crippen molar-refractivity contribution in [1.82, 2.24) is 0 Å². The number of carbonyl (C=O) groups excluding carboxylic acids is 1. The molecule has 0 amide bonds. The van der Waals surface area contributed by atoms with Crippen LogP contribution in [0.25, 0.3) is 5.57 Å². The van der Waals surface area contributed by atoms with Crippen LogP contribution in [0.1, 0.15) is 33.3 Å². The third-order valence-corrected chi connectivity index (χ3v) is 3.79. The molecule has 0 N–H and O–H groups in total. The standard InChI is InChI=1S/C18H22O4/c1-12(2)22-16(19)15-14(13-8-6-5-7-9-13)18(15)20-10-17(3,4)11-21-18/h5-9,12H,10-11H2,1-4H3. The predicted octanol–water partition coefficient (Wildman–Crippen LogP) is 3.17. The van der Waals surface area contributed by atoms with Crippen LogP contribution in [-0.2, 0) is 19.0 Å². The van der Waals surface area contributed by atoms with Crippen LogP contribution in [0.2, 0.25) is 0 Å². The lowest BCUT2D eigenvalue weighted by Gasteiger charge is -2.36. The van der Waals surface area contributed by atoms with Crippen molar-refractivity contribution in [3.8, 4) is 0 Å². The molecule has 0 bridgehead atoms. The van der Waals surface area contributed by atoms with Crippen LogP contribution in [0.15, 0.2) is 35.9 Å². The van der Waals surface area contributed by atoms with Gasteiger partial charge in [0.25, 0.3) is 0 Å².